The largest absolute Gasteiger partial charge is 0.496 e. The first-order chi connectivity index (χ1) is 10.7. The second-order valence-corrected chi connectivity index (χ2v) is 6.78. The number of carbonyl (C=O) groups is 1. The lowest BCUT2D eigenvalue weighted by Gasteiger charge is -2.28. The van der Waals surface area contributed by atoms with Gasteiger partial charge >= 0.3 is 0 Å². The Labute approximate surface area is 148 Å². The first-order valence-electron chi connectivity index (χ1n) is 8.00. The number of fused-ring (bicyclic) bond motifs is 2. The van der Waals surface area contributed by atoms with Gasteiger partial charge in [0.2, 0.25) is 5.91 Å². The van der Waals surface area contributed by atoms with Crippen LogP contribution in [0.3, 0.4) is 0 Å². The Hall–Kier alpha value is -0.970. The molecule has 2 bridgehead atoms. The van der Waals surface area contributed by atoms with Gasteiger partial charge < -0.3 is 15.4 Å². The summed E-state index contributed by atoms with van der Waals surface area (Å²) >= 11 is 6.19. The maximum Gasteiger partial charge on any atom is 0.220 e. The predicted octanol–water partition coefficient (Wildman–Crippen LogP) is 3.31. The Morgan fingerprint density at radius 1 is 1.35 bits per heavy atom. The monoisotopic (exact) mass is 358 g/mol. The standard InChI is InChI=1S/C17H23ClN2O2.ClH/c1-22-16-4-2-3-15(18)14(16)10-19-17(21)9-11-7-12-5-6-13(8-11)20-12;/h2-4,11-13,20H,5-10H2,1H3,(H,19,21);1H. The lowest BCUT2D eigenvalue weighted by atomic mass is 9.89. The lowest BCUT2D eigenvalue weighted by molar-refractivity contribution is -0.122. The van der Waals surface area contributed by atoms with Crippen LogP contribution in [0.2, 0.25) is 5.02 Å². The van der Waals surface area contributed by atoms with Crippen molar-refractivity contribution in [3.8, 4) is 5.75 Å². The molecule has 2 aliphatic heterocycles. The fourth-order valence-corrected chi connectivity index (χ4v) is 4.00. The van der Waals surface area contributed by atoms with Crippen LogP contribution < -0.4 is 15.4 Å². The summed E-state index contributed by atoms with van der Waals surface area (Å²) in [5.74, 6) is 1.33. The number of hydrogen-bond donors (Lipinski definition) is 2. The molecule has 2 fully saturated rings. The number of ether oxygens (including phenoxy) is 1. The van der Waals surface area contributed by atoms with E-state index in [1.807, 2.05) is 18.2 Å². The number of rotatable bonds is 5. The summed E-state index contributed by atoms with van der Waals surface area (Å²) in [6, 6.07) is 6.77. The summed E-state index contributed by atoms with van der Waals surface area (Å²) < 4.78 is 5.30. The van der Waals surface area contributed by atoms with Crippen molar-refractivity contribution in [1.29, 1.82) is 0 Å². The third kappa shape index (κ3) is 4.52. The van der Waals surface area contributed by atoms with Crippen LogP contribution in [-0.4, -0.2) is 25.1 Å². The van der Waals surface area contributed by atoms with E-state index in [0.29, 0.717) is 41.7 Å². The Morgan fingerprint density at radius 2 is 2.04 bits per heavy atom. The zero-order valence-electron chi connectivity index (χ0n) is 13.3. The Balaban J connectivity index is 0.00000192. The summed E-state index contributed by atoms with van der Waals surface area (Å²) in [6.45, 7) is 0.416. The van der Waals surface area contributed by atoms with Crippen molar-refractivity contribution in [2.24, 2.45) is 5.92 Å². The van der Waals surface area contributed by atoms with Crippen molar-refractivity contribution in [3.05, 3.63) is 28.8 Å². The first-order valence-corrected chi connectivity index (χ1v) is 8.37. The van der Waals surface area contributed by atoms with Crippen LogP contribution in [0, 0.1) is 5.92 Å². The molecule has 1 aromatic carbocycles. The van der Waals surface area contributed by atoms with Crippen LogP contribution in [0.15, 0.2) is 18.2 Å². The van der Waals surface area contributed by atoms with Gasteiger partial charge in [-0.15, -0.1) is 12.4 Å². The minimum absolute atomic E-state index is 0. The van der Waals surface area contributed by atoms with Crippen molar-refractivity contribution in [2.75, 3.05) is 7.11 Å². The molecule has 2 atom stereocenters. The smallest absolute Gasteiger partial charge is 0.220 e. The molecule has 2 N–H and O–H groups in total. The van der Waals surface area contributed by atoms with E-state index in [1.54, 1.807) is 7.11 Å². The van der Waals surface area contributed by atoms with Crippen molar-refractivity contribution in [1.82, 2.24) is 10.6 Å². The number of amides is 1. The van der Waals surface area contributed by atoms with Gasteiger partial charge in [-0.2, -0.15) is 0 Å². The van der Waals surface area contributed by atoms with E-state index < -0.39 is 0 Å². The fraction of sp³-hybridized carbons (Fsp3) is 0.588. The molecule has 23 heavy (non-hydrogen) atoms. The van der Waals surface area contributed by atoms with Gasteiger partial charge in [0.25, 0.3) is 0 Å². The van der Waals surface area contributed by atoms with Gasteiger partial charge in [0.05, 0.1) is 7.11 Å². The van der Waals surface area contributed by atoms with E-state index in [-0.39, 0.29) is 18.3 Å². The topological polar surface area (TPSA) is 50.4 Å². The molecule has 1 aromatic rings. The van der Waals surface area contributed by atoms with Gasteiger partial charge in [0.15, 0.2) is 0 Å². The number of methoxy groups -OCH3 is 1. The van der Waals surface area contributed by atoms with Crippen LogP contribution >= 0.6 is 24.0 Å². The molecule has 0 spiro atoms. The van der Waals surface area contributed by atoms with Gasteiger partial charge in [-0.3, -0.25) is 4.79 Å². The molecule has 6 heteroatoms. The zero-order chi connectivity index (χ0) is 15.5. The fourth-order valence-electron chi connectivity index (χ4n) is 3.76. The van der Waals surface area contributed by atoms with E-state index in [0.717, 1.165) is 18.4 Å². The SMILES string of the molecule is COc1cccc(Cl)c1CNC(=O)CC1CC2CCC(C1)N2.Cl. The van der Waals surface area contributed by atoms with Crippen molar-refractivity contribution in [2.45, 2.75) is 50.7 Å². The lowest BCUT2D eigenvalue weighted by Crippen LogP contribution is -2.39. The number of benzene rings is 1. The van der Waals surface area contributed by atoms with E-state index in [4.69, 9.17) is 16.3 Å². The van der Waals surface area contributed by atoms with Gasteiger partial charge in [-0.05, 0) is 43.7 Å². The summed E-state index contributed by atoms with van der Waals surface area (Å²) in [7, 11) is 1.61. The van der Waals surface area contributed by atoms with Gasteiger partial charge in [-0.25, -0.2) is 0 Å². The molecule has 4 nitrogen and oxygen atoms in total. The van der Waals surface area contributed by atoms with E-state index >= 15 is 0 Å². The molecule has 2 saturated heterocycles. The minimum atomic E-state index is 0. The number of carbonyl (C=O) groups excluding carboxylic acids is 1. The highest BCUT2D eigenvalue weighted by atomic mass is 35.5. The van der Waals surface area contributed by atoms with Crippen LogP contribution in [0.1, 0.15) is 37.7 Å². The molecule has 0 aromatic heterocycles. The number of piperidine rings is 1. The third-order valence-corrected chi connectivity index (χ3v) is 5.16. The second-order valence-electron chi connectivity index (χ2n) is 6.38. The summed E-state index contributed by atoms with van der Waals surface area (Å²) in [5.41, 5.74) is 0.838. The van der Waals surface area contributed by atoms with E-state index in [9.17, 15) is 4.79 Å². The maximum atomic E-state index is 12.2. The molecule has 0 saturated carbocycles. The first kappa shape index (κ1) is 18.4. The van der Waals surface area contributed by atoms with Gasteiger partial charge in [0, 0.05) is 35.6 Å². The Morgan fingerprint density at radius 3 is 2.70 bits per heavy atom. The van der Waals surface area contributed by atoms with Crippen LogP contribution in [-0.2, 0) is 11.3 Å². The van der Waals surface area contributed by atoms with Gasteiger partial charge in [-0.1, -0.05) is 17.7 Å². The third-order valence-electron chi connectivity index (χ3n) is 4.80. The molecule has 1 amide bonds. The predicted molar refractivity (Wildman–Crippen MR) is 94.4 cm³/mol. The van der Waals surface area contributed by atoms with Crippen molar-refractivity contribution >= 4 is 29.9 Å². The number of halogens is 2. The van der Waals surface area contributed by atoms with Crippen LogP contribution in [0.4, 0.5) is 0 Å². The van der Waals surface area contributed by atoms with Gasteiger partial charge in [0.1, 0.15) is 5.75 Å². The molecule has 2 unspecified atom stereocenters. The summed E-state index contributed by atoms with van der Waals surface area (Å²) in [4.78, 5) is 12.2. The Kier molecular flexibility index (Phi) is 6.57. The molecule has 128 valence electrons. The number of hydrogen-bond acceptors (Lipinski definition) is 3. The molecular weight excluding hydrogens is 335 g/mol. The molecule has 2 heterocycles. The highest BCUT2D eigenvalue weighted by Crippen LogP contribution is 2.32. The number of nitrogens with one attached hydrogen (secondary N) is 2. The van der Waals surface area contributed by atoms with Crippen molar-refractivity contribution < 1.29 is 9.53 Å². The van der Waals surface area contributed by atoms with Crippen molar-refractivity contribution in [3.63, 3.8) is 0 Å². The average molecular weight is 359 g/mol. The quantitative estimate of drug-likeness (QED) is 0.848. The zero-order valence-corrected chi connectivity index (χ0v) is 14.9. The second kappa shape index (κ2) is 8.22. The highest BCUT2D eigenvalue weighted by molar-refractivity contribution is 6.31. The summed E-state index contributed by atoms with van der Waals surface area (Å²) in [6.07, 6.45) is 5.39. The van der Waals surface area contributed by atoms with Crippen LogP contribution in [0.25, 0.3) is 0 Å². The minimum Gasteiger partial charge on any atom is -0.496 e. The normalized spacial score (nSPS) is 25.6. The molecule has 3 rings (SSSR count). The molecular formula is C17H24Cl2N2O2. The average Bonchev–Trinajstić information content (AvgIpc) is 2.84. The highest BCUT2D eigenvalue weighted by Gasteiger charge is 2.34. The van der Waals surface area contributed by atoms with Crippen LogP contribution in [0.5, 0.6) is 5.75 Å². The molecule has 0 radical (unpaired) electrons. The van der Waals surface area contributed by atoms with E-state index in [2.05, 4.69) is 10.6 Å². The Bertz CT molecular complexity index is 541. The molecule has 0 aliphatic carbocycles. The maximum absolute atomic E-state index is 12.2. The molecule has 2 aliphatic rings. The summed E-state index contributed by atoms with van der Waals surface area (Å²) in [5, 5.41) is 7.22. The van der Waals surface area contributed by atoms with E-state index in [1.165, 1.54) is 12.8 Å².